The van der Waals surface area contributed by atoms with Gasteiger partial charge in [-0.2, -0.15) is 0 Å². The molecule has 0 rings (SSSR count). The highest BCUT2D eigenvalue weighted by atomic mass is 14.2. The van der Waals surface area contributed by atoms with Crippen molar-refractivity contribution >= 4 is 0 Å². The maximum Gasteiger partial charge on any atom is -0.0259 e. The molecule has 0 heteroatoms. The van der Waals surface area contributed by atoms with Crippen molar-refractivity contribution in [1.82, 2.24) is 0 Å². The highest BCUT2D eigenvalue weighted by Crippen LogP contribution is 2.26. The Labute approximate surface area is 137 Å². The fourth-order valence-electron chi connectivity index (χ4n) is 2.19. The molecular formula is C21H46. The minimum absolute atomic E-state index is 0.744. The third-order valence-electron chi connectivity index (χ3n) is 3.88. The Bertz CT molecular complexity index is 190. The van der Waals surface area contributed by atoms with Crippen molar-refractivity contribution in [3.63, 3.8) is 0 Å². The lowest BCUT2D eigenvalue weighted by atomic mass is 9.81. The van der Waals surface area contributed by atoms with E-state index < -0.39 is 0 Å². The van der Waals surface area contributed by atoms with Gasteiger partial charge in [0.2, 0.25) is 0 Å². The van der Waals surface area contributed by atoms with Crippen LogP contribution in [0, 0.1) is 23.7 Å². The van der Waals surface area contributed by atoms with E-state index >= 15 is 0 Å². The summed E-state index contributed by atoms with van der Waals surface area (Å²) in [5.74, 6) is 3.23. The van der Waals surface area contributed by atoms with Crippen LogP contribution in [0.25, 0.3) is 0 Å². The summed E-state index contributed by atoms with van der Waals surface area (Å²) in [6, 6.07) is 0. The van der Waals surface area contributed by atoms with Gasteiger partial charge in [-0.1, -0.05) is 101 Å². The van der Waals surface area contributed by atoms with Gasteiger partial charge in [0.25, 0.3) is 0 Å². The van der Waals surface area contributed by atoms with Crippen LogP contribution in [0.3, 0.4) is 0 Å². The lowest BCUT2D eigenvalue weighted by Gasteiger charge is -2.25. The second-order valence-electron chi connectivity index (χ2n) is 6.57. The van der Waals surface area contributed by atoms with Gasteiger partial charge in [0.1, 0.15) is 0 Å². The number of allylic oxidation sites excluding steroid dienone is 2. The molecule has 0 aliphatic rings. The van der Waals surface area contributed by atoms with E-state index in [1.807, 2.05) is 13.8 Å². The van der Waals surface area contributed by atoms with Gasteiger partial charge in [-0.15, -0.1) is 0 Å². The topological polar surface area (TPSA) is 0 Å². The zero-order valence-electron chi connectivity index (χ0n) is 17.0. The van der Waals surface area contributed by atoms with Crippen LogP contribution < -0.4 is 0 Å². The van der Waals surface area contributed by atoms with Crippen molar-refractivity contribution < 1.29 is 0 Å². The highest BCUT2D eigenvalue weighted by molar-refractivity contribution is 4.87. The molecule has 0 heterocycles. The van der Waals surface area contributed by atoms with Crippen LogP contribution in [-0.2, 0) is 0 Å². The molecule has 21 heavy (non-hydrogen) atoms. The molecule has 0 aromatic carbocycles. The zero-order valence-corrected chi connectivity index (χ0v) is 17.0. The minimum atomic E-state index is 0.744. The fraction of sp³-hybridized carbons (Fsp3) is 0.905. The maximum atomic E-state index is 2.42. The van der Waals surface area contributed by atoms with Gasteiger partial charge in [0.05, 0.1) is 0 Å². The monoisotopic (exact) mass is 298 g/mol. The van der Waals surface area contributed by atoms with Gasteiger partial charge in [-0.25, -0.2) is 0 Å². The summed E-state index contributed by atoms with van der Waals surface area (Å²) in [6.07, 6.45) is 11.3. The highest BCUT2D eigenvalue weighted by Gasteiger charge is 2.16. The molecule has 130 valence electrons. The molecule has 0 N–H and O–H groups in total. The van der Waals surface area contributed by atoms with Crippen molar-refractivity contribution in [3.8, 4) is 0 Å². The van der Waals surface area contributed by atoms with Crippen LogP contribution in [0.1, 0.15) is 101 Å². The van der Waals surface area contributed by atoms with E-state index in [-0.39, 0.29) is 0 Å². The molecule has 0 aromatic heterocycles. The first-order valence-corrected chi connectivity index (χ1v) is 9.57. The Morgan fingerprint density at radius 2 is 1.33 bits per heavy atom. The normalized spacial score (nSPS) is 14.8. The van der Waals surface area contributed by atoms with E-state index in [1.165, 1.54) is 32.1 Å². The minimum Gasteiger partial charge on any atom is -0.0883 e. The van der Waals surface area contributed by atoms with Crippen molar-refractivity contribution in [3.05, 3.63) is 12.2 Å². The lowest BCUT2D eigenvalue weighted by molar-refractivity contribution is 0.265. The number of hydrogen-bond acceptors (Lipinski definition) is 0. The van der Waals surface area contributed by atoms with E-state index in [0.717, 1.165) is 23.7 Å². The summed E-state index contributed by atoms with van der Waals surface area (Å²) >= 11 is 0. The van der Waals surface area contributed by atoms with Gasteiger partial charge in [-0.3, -0.25) is 0 Å². The Morgan fingerprint density at radius 1 is 0.857 bits per heavy atom. The first-order chi connectivity index (χ1) is 9.90. The zero-order chi connectivity index (χ0) is 17.3. The first-order valence-electron chi connectivity index (χ1n) is 9.57. The molecule has 3 unspecified atom stereocenters. The van der Waals surface area contributed by atoms with Crippen molar-refractivity contribution in [1.29, 1.82) is 0 Å². The van der Waals surface area contributed by atoms with E-state index in [9.17, 15) is 0 Å². The summed E-state index contributed by atoms with van der Waals surface area (Å²) in [6.45, 7) is 22.3. The van der Waals surface area contributed by atoms with E-state index in [4.69, 9.17) is 0 Å². The standard InChI is InChI=1S/C16H32.C3H8.C2H6/c1-7-8-9-10-11-14(4)12-15(5)16(6)13(2)3;1-3-2;1-2/h10-11,13-16H,7-9,12H2,1-6H3;3H2,1-2H3;1-2H3/b11-10-;;. The van der Waals surface area contributed by atoms with E-state index in [0.29, 0.717) is 0 Å². The number of rotatable bonds is 8. The number of unbranched alkanes of at least 4 members (excludes halogenated alkanes) is 2. The summed E-state index contributed by atoms with van der Waals surface area (Å²) in [5, 5.41) is 0. The molecular weight excluding hydrogens is 252 g/mol. The summed E-state index contributed by atoms with van der Waals surface area (Å²) in [4.78, 5) is 0. The third kappa shape index (κ3) is 19.7. The van der Waals surface area contributed by atoms with Gasteiger partial charge < -0.3 is 0 Å². The van der Waals surface area contributed by atoms with Crippen LogP contribution in [0.5, 0.6) is 0 Å². The second kappa shape index (κ2) is 19.7. The van der Waals surface area contributed by atoms with Crippen molar-refractivity contribution in [2.45, 2.75) is 101 Å². The smallest absolute Gasteiger partial charge is 0.0259 e. The summed E-state index contributed by atoms with van der Waals surface area (Å²) < 4.78 is 0. The van der Waals surface area contributed by atoms with Crippen LogP contribution in [0.4, 0.5) is 0 Å². The van der Waals surface area contributed by atoms with E-state index in [2.05, 4.69) is 67.5 Å². The van der Waals surface area contributed by atoms with Gasteiger partial charge in [0.15, 0.2) is 0 Å². The van der Waals surface area contributed by atoms with Crippen LogP contribution in [0.15, 0.2) is 12.2 Å². The molecule has 0 aromatic rings. The van der Waals surface area contributed by atoms with Gasteiger partial charge in [0, 0.05) is 0 Å². The van der Waals surface area contributed by atoms with Gasteiger partial charge >= 0.3 is 0 Å². The molecule has 0 aliphatic heterocycles. The average molecular weight is 299 g/mol. The molecule has 0 radical (unpaired) electrons. The molecule has 0 saturated heterocycles. The summed E-state index contributed by atoms with van der Waals surface area (Å²) in [7, 11) is 0. The summed E-state index contributed by atoms with van der Waals surface area (Å²) in [5.41, 5.74) is 0. The molecule has 0 nitrogen and oxygen atoms in total. The second-order valence-corrected chi connectivity index (χ2v) is 6.57. The number of hydrogen-bond donors (Lipinski definition) is 0. The van der Waals surface area contributed by atoms with Crippen molar-refractivity contribution in [2.24, 2.45) is 23.7 Å². The molecule has 0 aliphatic carbocycles. The van der Waals surface area contributed by atoms with E-state index in [1.54, 1.807) is 0 Å². The molecule has 0 bridgehead atoms. The van der Waals surface area contributed by atoms with Crippen LogP contribution in [0.2, 0.25) is 0 Å². The molecule has 0 fully saturated rings. The Hall–Kier alpha value is -0.260. The van der Waals surface area contributed by atoms with Crippen molar-refractivity contribution in [2.75, 3.05) is 0 Å². The molecule has 3 atom stereocenters. The van der Waals surface area contributed by atoms with Gasteiger partial charge in [-0.05, 0) is 36.5 Å². The quantitative estimate of drug-likeness (QED) is 0.313. The predicted octanol–water partition coefficient (Wildman–Crippen LogP) is 8.13. The van der Waals surface area contributed by atoms with Crippen LogP contribution in [-0.4, -0.2) is 0 Å². The largest absolute Gasteiger partial charge is 0.0883 e. The van der Waals surface area contributed by atoms with Crippen LogP contribution >= 0.6 is 0 Å². The Kier molecular flexibility index (Phi) is 24.1. The third-order valence-corrected chi connectivity index (χ3v) is 3.88. The Morgan fingerprint density at radius 3 is 1.71 bits per heavy atom. The molecule has 0 amide bonds. The lowest BCUT2D eigenvalue weighted by Crippen LogP contribution is -2.16. The fourth-order valence-corrected chi connectivity index (χ4v) is 2.19. The maximum absolute atomic E-state index is 2.42. The molecule has 0 spiro atoms. The molecule has 0 saturated carbocycles. The average Bonchev–Trinajstić information content (AvgIpc) is 2.45. The SMILES string of the molecule is CC.CCC.CCCC/C=C\C(C)CC(C)C(C)C(C)C. The first kappa shape index (κ1) is 25.7. The predicted molar refractivity (Wildman–Crippen MR) is 103 cm³/mol. The Balaban J connectivity index is -0.000000569.